The highest BCUT2D eigenvalue weighted by Crippen LogP contribution is 2.87. The molecule has 0 aromatic carbocycles. The van der Waals surface area contributed by atoms with Gasteiger partial charge in [0.25, 0.3) is 0 Å². The van der Waals surface area contributed by atoms with Crippen LogP contribution in [-0.2, 0) is 9.53 Å². The van der Waals surface area contributed by atoms with Gasteiger partial charge in [-0.15, -0.1) is 0 Å². The Labute approximate surface area is 193 Å². The van der Waals surface area contributed by atoms with Crippen LogP contribution in [0.5, 0.6) is 0 Å². The van der Waals surface area contributed by atoms with Crippen LogP contribution in [0, 0.1) is 45.8 Å². The van der Waals surface area contributed by atoms with Crippen molar-refractivity contribution in [1.29, 1.82) is 0 Å². The summed E-state index contributed by atoms with van der Waals surface area (Å²) in [4.78, 5) is 12.2. The summed E-state index contributed by atoms with van der Waals surface area (Å²) in [5.74, 6) is 3.65. The van der Waals surface area contributed by atoms with Crippen LogP contribution in [0.2, 0.25) is 0 Å². The molecule has 0 aromatic rings. The molecule has 0 amide bonds. The minimum Gasteiger partial charge on any atom is -0.369 e. The monoisotopic (exact) mass is 439 g/mol. The van der Waals surface area contributed by atoms with Gasteiger partial charge in [-0.05, 0) is 91.9 Å². The molecule has 32 heavy (non-hydrogen) atoms. The molecule has 3 unspecified atom stereocenters. The summed E-state index contributed by atoms with van der Waals surface area (Å²) < 4.78 is 7.15. The van der Waals surface area contributed by atoms with Crippen molar-refractivity contribution < 1.29 is 14.7 Å². The number of carbonyl (C=O) groups excluding carboxylic acids is 1. The fourth-order valence-electron chi connectivity index (χ4n) is 11.2. The van der Waals surface area contributed by atoms with Gasteiger partial charge in [0.05, 0.1) is 17.7 Å². The number of hydrogen-bond donors (Lipinski definition) is 1. The Morgan fingerprint density at radius 3 is 2.75 bits per heavy atom. The molecule has 4 heteroatoms. The van der Waals surface area contributed by atoms with Crippen LogP contribution in [0.15, 0.2) is 11.6 Å². The van der Waals surface area contributed by atoms with Crippen molar-refractivity contribution in [3.63, 3.8) is 0 Å². The van der Waals surface area contributed by atoms with E-state index in [1.165, 1.54) is 37.7 Å². The summed E-state index contributed by atoms with van der Waals surface area (Å²) >= 11 is 0. The Kier molecular flexibility index (Phi) is 3.93. The summed E-state index contributed by atoms with van der Waals surface area (Å²) in [5, 5.41) is 12.5. The number of allylic oxidation sites excluding steroid dienone is 2. The highest BCUT2D eigenvalue weighted by Gasteiger charge is 2.84. The van der Waals surface area contributed by atoms with Crippen LogP contribution < -0.4 is 0 Å². The third-order valence-electron chi connectivity index (χ3n) is 12.7. The first-order chi connectivity index (χ1) is 15.2. The smallest absolute Gasteiger partial charge is 0.155 e. The van der Waals surface area contributed by atoms with Crippen molar-refractivity contribution in [2.45, 2.75) is 103 Å². The Morgan fingerprint density at radius 1 is 1.12 bits per heavy atom. The van der Waals surface area contributed by atoms with Gasteiger partial charge in [-0.25, -0.2) is 0 Å². The number of hydroxylamine groups is 2. The highest BCUT2D eigenvalue weighted by atomic mass is 16.5. The second kappa shape index (κ2) is 6.10. The third-order valence-corrected chi connectivity index (χ3v) is 12.7. The number of ketones is 1. The van der Waals surface area contributed by atoms with Crippen molar-refractivity contribution in [3.05, 3.63) is 11.6 Å². The average molecular weight is 440 g/mol. The molecule has 5 aliphatic carbocycles. The van der Waals surface area contributed by atoms with Crippen LogP contribution in [0.4, 0.5) is 0 Å². The van der Waals surface area contributed by atoms with Crippen LogP contribution in [0.25, 0.3) is 0 Å². The van der Waals surface area contributed by atoms with E-state index in [9.17, 15) is 10.0 Å². The van der Waals surface area contributed by atoms with E-state index in [1.54, 1.807) is 5.06 Å². The summed E-state index contributed by atoms with van der Waals surface area (Å²) in [7, 11) is 0. The summed E-state index contributed by atoms with van der Waals surface area (Å²) in [5.41, 5.74) is 2.32. The molecule has 0 bridgehead atoms. The molecular formula is C28H41NO3. The SMILES string of the molecule is C[C@H]1C[C@H]2O[C@]3(CCC4[C@@H]5CCC6=CC(=O)CC[C@]6(C)[C@H]5CC45CC53C)[C@H](C)[C@@H]2N(O)C1. The Hall–Kier alpha value is -0.710. The lowest BCUT2D eigenvalue weighted by Crippen LogP contribution is -2.53. The van der Waals surface area contributed by atoms with Crippen LogP contribution >= 0.6 is 0 Å². The van der Waals surface area contributed by atoms with Gasteiger partial charge in [0.2, 0.25) is 0 Å². The minimum absolute atomic E-state index is 0.0700. The van der Waals surface area contributed by atoms with Crippen LogP contribution in [0.3, 0.4) is 0 Å². The number of nitrogens with zero attached hydrogens (tertiary/aromatic N) is 1. The predicted molar refractivity (Wildman–Crippen MR) is 122 cm³/mol. The Morgan fingerprint density at radius 2 is 1.94 bits per heavy atom. The standard InChI is InChI=1S/C28H41NO3/c1-16-11-23-24(29(31)14-16)17(2)28(32-23)10-8-21-20-6-5-18-12-19(30)7-9-25(18,3)22(20)13-27(21)15-26(27,28)4/h12,16-17,20-24,31H,5-11,13-15H2,1-4H3/t16-,17+,20-,21?,22-,23+,24-,25-,26?,27?,28+/m0/s1. The Bertz CT molecular complexity index is 914. The van der Waals surface area contributed by atoms with Crippen LogP contribution in [0.1, 0.15) is 85.5 Å². The normalized spacial score (nSPS) is 60.8. The Balaban J connectivity index is 1.24. The second-order valence-electron chi connectivity index (χ2n) is 13.7. The second-order valence-corrected chi connectivity index (χ2v) is 13.7. The first kappa shape index (κ1) is 20.6. The van der Waals surface area contributed by atoms with E-state index in [4.69, 9.17) is 4.74 Å². The van der Waals surface area contributed by atoms with Crippen molar-refractivity contribution in [3.8, 4) is 0 Å². The van der Waals surface area contributed by atoms with Gasteiger partial charge in [0.1, 0.15) is 0 Å². The van der Waals surface area contributed by atoms with Gasteiger partial charge < -0.3 is 9.94 Å². The van der Waals surface area contributed by atoms with Crippen molar-refractivity contribution >= 4 is 5.78 Å². The average Bonchev–Trinajstić information content (AvgIpc) is 3.06. The molecule has 4 saturated carbocycles. The van der Waals surface area contributed by atoms with E-state index in [2.05, 4.69) is 27.7 Å². The molecule has 176 valence electrons. The zero-order valence-corrected chi connectivity index (χ0v) is 20.4. The van der Waals surface area contributed by atoms with E-state index in [0.29, 0.717) is 23.0 Å². The molecule has 2 aliphatic heterocycles. The van der Waals surface area contributed by atoms with Crippen LogP contribution in [-0.4, -0.2) is 40.3 Å². The molecular weight excluding hydrogens is 398 g/mol. The van der Waals surface area contributed by atoms with E-state index in [0.717, 1.165) is 50.0 Å². The first-order valence-electron chi connectivity index (χ1n) is 13.5. The molecule has 0 aromatic heterocycles. The molecule has 7 rings (SSSR count). The zero-order chi connectivity index (χ0) is 22.3. The van der Waals surface area contributed by atoms with Crippen molar-refractivity contribution in [2.75, 3.05) is 6.54 Å². The van der Waals surface area contributed by atoms with Crippen molar-refractivity contribution in [1.82, 2.24) is 5.06 Å². The lowest BCUT2D eigenvalue weighted by molar-refractivity contribution is -0.182. The van der Waals surface area contributed by atoms with Gasteiger partial charge >= 0.3 is 0 Å². The number of fused-ring (bicyclic) bond motifs is 6. The quantitative estimate of drug-likeness (QED) is 0.550. The molecule has 0 radical (unpaired) electrons. The number of carbonyl (C=O) groups is 1. The van der Waals surface area contributed by atoms with Crippen molar-refractivity contribution in [2.24, 2.45) is 45.8 Å². The zero-order valence-electron chi connectivity index (χ0n) is 20.4. The number of rotatable bonds is 0. The largest absolute Gasteiger partial charge is 0.369 e. The van der Waals surface area contributed by atoms with Gasteiger partial charge in [-0.1, -0.05) is 33.3 Å². The maximum Gasteiger partial charge on any atom is 0.155 e. The maximum absolute atomic E-state index is 12.2. The molecule has 1 N–H and O–H groups in total. The van der Waals surface area contributed by atoms with Gasteiger partial charge in [0.15, 0.2) is 5.78 Å². The van der Waals surface area contributed by atoms with Gasteiger partial charge in [-0.2, -0.15) is 5.06 Å². The molecule has 2 heterocycles. The molecule has 2 saturated heterocycles. The third kappa shape index (κ3) is 2.16. The summed E-state index contributed by atoms with van der Waals surface area (Å²) in [6.45, 7) is 10.5. The lowest BCUT2D eigenvalue weighted by atomic mass is 9.56. The van der Waals surface area contributed by atoms with E-state index >= 15 is 0 Å². The summed E-state index contributed by atoms with van der Waals surface area (Å²) in [6, 6.07) is 0.164. The first-order valence-corrected chi connectivity index (χ1v) is 13.5. The van der Waals surface area contributed by atoms with E-state index in [-0.39, 0.29) is 28.6 Å². The number of hydrogen-bond acceptors (Lipinski definition) is 4. The molecule has 4 nitrogen and oxygen atoms in total. The van der Waals surface area contributed by atoms with E-state index < -0.39 is 0 Å². The topological polar surface area (TPSA) is 49.8 Å². The lowest BCUT2D eigenvalue weighted by Gasteiger charge is -2.50. The van der Waals surface area contributed by atoms with Gasteiger partial charge in [0, 0.05) is 24.3 Å². The number of ether oxygens (including phenoxy) is 1. The highest BCUT2D eigenvalue weighted by molar-refractivity contribution is 5.91. The molecule has 6 fully saturated rings. The van der Waals surface area contributed by atoms with Gasteiger partial charge in [-0.3, -0.25) is 4.79 Å². The molecule has 11 atom stereocenters. The minimum atomic E-state index is -0.0700. The number of piperidine rings is 1. The fourth-order valence-corrected chi connectivity index (χ4v) is 11.2. The summed E-state index contributed by atoms with van der Waals surface area (Å²) in [6.07, 6.45) is 12.7. The van der Waals surface area contributed by atoms with E-state index in [1.807, 2.05) is 6.08 Å². The molecule has 2 spiro atoms. The molecule has 7 aliphatic rings. The maximum atomic E-state index is 12.2. The predicted octanol–water partition coefficient (Wildman–Crippen LogP) is 5.39. The fraction of sp³-hybridized carbons (Fsp3) is 0.893.